The molecule has 0 rings (SSSR count). The molecule has 56 valence electrons. The molecule has 0 aromatic rings. The van der Waals surface area contributed by atoms with Crippen LogP contribution in [-0.2, 0) is 0 Å². The molecule has 0 aliphatic carbocycles. The van der Waals surface area contributed by atoms with E-state index < -0.39 is 0 Å². The average Bonchev–Trinajstić information content (AvgIpc) is 1.88. The molecule has 0 aromatic heterocycles. The lowest BCUT2D eigenvalue weighted by atomic mass is 10.1. The van der Waals surface area contributed by atoms with E-state index in [4.69, 9.17) is 0 Å². The average molecular weight is 136 g/mol. The van der Waals surface area contributed by atoms with E-state index in [1.54, 1.807) is 0 Å². The van der Waals surface area contributed by atoms with Crippen LogP contribution in [0.4, 0.5) is 0 Å². The van der Waals surface area contributed by atoms with Crippen molar-refractivity contribution >= 4 is 0 Å². The zero-order valence-electron chi connectivity index (χ0n) is 7.15. The van der Waals surface area contributed by atoms with E-state index in [2.05, 4.69) is 26.5 Å². The zero-order valence-corrected chi connectivity index (χ0v) is 7.15. The van der Waals surface area contributed by atoms with Gasteiger partial charge in [0, 0.05) is 0 Å². The number of allylic oxidation sites excluding steroid dienone is 5. The number of rotatable bonds is 3. The highest BCUT2D eigenvalue weighted by molar-refractivity contribution is 5.20. The van der Waals surface area contributed by atoms with Crippen LogP contribution in [0.1, 0.15) is 27.2 Å². The molecule has 10 heavy (non-hydrogen) atoms. The second kappa shape index (κ2) is 5.04. The van der Waals surface area contributed by atoms with Gasteiger partial charge in [0.1, 0.15) is 0 Å². The maximum Gasteiger partial charge on any atom is -0.00760 e. The van der Waals surface area contributed by atoms with Crippen molar-refractivity contribution < 1.29 is 0 Å². The summed E-state index contributed by atoms with van der Waals surface area (Å²) >= 11 is 0. The van der Waals surface area contributed by atoms with Crippen molar-refractivity contribution in [2.45, 2.75) is 27.2 Å². The second-order valence-corrected chi connectivity index (χ2v) is 2.47. The summed E-state index contributed by atoms with van der Waals surface area (Å²) in [5, 5.41) is 0. The van der Waals surface area contributed by atoms with E-state index in [9.17, 15) is 0 Å². The van der Waals surface area contributed by atoms with Gasteiger partial charge in [-0.15, -0.1) is 0 Å². The largest absolute Gasteiger partial charge is 0.0955 e. The van der Waals surface area contributed by atoms with Crippen molar-refractivity contribution in [3.05, 3.63) is 36.0 Å². The molecule has 0 bridgehead atoms. The lowest BCUT2D eigenvalue weighted by Crippen LogP contribution is -1.77. The van der Waals surface area contributed by atoms with Crippen LogP contribution in [0.2, 0.25) is 0 Å². The Morgan fingerprint density at radius 2 is 2.00 bits per heavy atom. The van der Waals surface area contributed by atoms with Crippen LogP contribution in [0.5, 0.6) is 0 Å². The van der Waals surface area contributed by atoms with Gasteiger partial charge in [-0.1, -0.05) is 36.0 Å². The molecule has 0 spiro atoms. The Bertz CT molecular complexity index is 159. The first-order valence-electron chi connectivity index (χ1n) is 3.63. The van der Waals surface area contributed by atoms with Gasteiger partial charge in [-0.2, -0.15) is 0 Å². The van der Waals surface area contributed by atoms with Gasteiger partial charge in [-0.05, 0) is 27.2 Å². The Labute approximate surface area is 64.0 Å². The highest BCUT2D eigenvalue weighted by atomic mass is 13.9. The molecule has 0 heteroatoms. The molecule has 0 fully saturated rings. The maximum atomic E-state index is 3.90. The lowest BCUT2D eigenvalue weighted by Gasteiger charge is -1.97. The summed E-state index contributed by atoms with van der Waals surface area (Å²) in [6, 6.07) is 0. The molecule has 0 amide bonds. The van der Waals surface area contributed by atoms with E-state index in [-0.39, 0.29) is 0 Å². The predicted molar refractivity (Wildman–Crippen MR) is 48.0 cm³/mol. The summed E-state index contributed by atoms with van der Waals surface area (Å²) in [7, 11) is 0. The van der Waals surface area contributed by atoms with E-state index in [1.165, 1.54) is 11.1 Å². The zero-order chi connectivity index (χ0) is 7.98. The van der Waals surface area contributed by atoms with E-state index >= 15 is 0 Å². The third-order valence-electron chi connectivity index (χ3n) is 1.40. The molecule has 0 unspecified atom stereocenters. The first-order valence-corrected chi connectivity index (χ1v) is 3.63. The monoisotopic (exact) mass is 136 g/mol. The van der Waals surface area contributed by atoms with Gasteiger partial charge in [-0.3, -0.25) is 0 Å². The van der Waals surface area contributed by atoms with Crippen molar-refractivity contribution in [3.8, 4) is 0 Å². The molecule has 0 aromatic carbocycles. The van der Waals surface area contributed by atoms with E-state index in [1.807, 2.05) is 19.1 Å². The summed E-state index contributed by atoms with van der Waals surface area (Å²) in [6.45, 7) is 10.1. The first-order chi connectivity index (χ1) is 4.70. The Morgan fingerprint density at radius 3 is 2.40 bits per heavy atom. The van der Waals surface area contributed by atoms with Gasteiger partial charge in [0.2, 0.25) is 0 Å². The Morgan fingerprint density at radius 1 is 1.40 bits per heavy atom. The smallest absolute Gasteiger partial charge is 0.00760 e. The van der Waals surface area contributed by atoms with Gasteiger partial charge in [0.25, 0.3) is 0 Å². The van der Waals surface area contributed by atoms with Crippen molar-refractivity contribution in [2.75, 3.05) is 0 Å². The minimum atomic E-state index is 1.00. The topological polar surface area (TPSA) is 0 Å². The van der Waals surface area contributed by atoms with Gasteiger partial charge < -0.3 is 0 Å². The van der Waals surface area contributed by atoms with Gasteiger partial charge in [0.15, 0.2) is 0 Å². The molecule has 0 saturated carbocycles. The molecule has 0 atom stereocenters. The fraction of sp³-hybridized carbons (Fsp3) is 0.400. The Hall–Kier alpha value is -0.780. The van der Waals surface area contributed by atoms with Crippen molar-refractivity contribution in [1.29, 1.82) is 0 Å². The predicted octanol–water partition coefficient (Wildman–Crippen LogP) is 3.48. The SMILES string of the molecule is C=C(/C=C\C)C/C(C)=C/C. The lowest BCUT2D eigenvalue weighted by molar-refractivity contribution is 1.15. The van der Waals surface area contributed by atoms with Crippen LogP contribution in [-0.4, -0.2) is 0 Å². The maximum absolute atomic E-state index is 3.90. The minimum absolute atomic E-state index is 1.00. The van der Waals surface area contributed by atoms with Gasteiger partial charge in [-0.25, -0.2) is 0 Å². The second-order valence-electron chi connectivity index (χ2n) is 2.47. The highest BCUT2D eigenvalue weighted by Crippen LogP contribution is 2.08. The molecule has 0 saturated heterocycles. The Kier molecular flexibility index (Phi) is 4.65. The van der Waals surface area contributed by atoms with Crippen LogP contribution >= 0.6 is 0 Å². The van der Waals surface area contributed by atoms with E-state index in [0.29, 0.717) is 0 Å². The molecule has 0 radical (unpaired) electrons. The minimum Gasteiger partial charge on any atom is -0.0955 e. The van der Waals surface area contributed by atoms with Crippen molar-refractivity contribution in [2.24, 2.45) is 0 Å². The summed E-state index contributed by atoms with van der Waals surface area (Å²) in [6.07, 6.45) is 7.19. The molecule has 0 nitrogen and oxygen atoms in total. The fourth-order valence-corrected chi connectivity index (χ4v) is 0.755. The van der Waals surface area contributed by atoms with Crippen molar-refractivity contribution in [1.82, 2.24) is 0 Å². The van der Waals surface area contributed by atoms with Crippen LogP contribution in [0, 0.1) is 0 Å². The summed E-state index contributed by atoms with van der Waals surface area (Å²) in [5.74, 6) is 0. The Balaban J connectivity index is 3.80. The molecule has 0 N–H and O–H groups in total. The van der Waals surface area contributed by atoms with Gasteiger partial charge >= 0.3 is 0 Å². The fourth-order valence-electron chi connectivity index (χ4n) is 0.755. The van der Waals surface area contributed by atoms with Crippen LogP contribution in [0.3, 0.4) is 0 Å². The van der Waals surface area contributed by atoms with E-state index in [0.717, 1.165) is 6.42 Å². The standard InChI is InChI=1S/C10H16/c1-5-7-10(4)8-9(3)6-2/h5-7H,4,8H2,1-3H3/b7-5-,9-6+. The quantitative estimate of drug-likeness (QED) is 0.411. The first kappa shape index (κ1) is 9.22. The highest BCUT2D eigenvalue weighted by Gasteiger charge is 1.88. The molecule has 0 heterocycles. The van der Waals surface area contributed by atoms with Crippen molar-refractivity contribution in [3.63, 3.8) is 0 Å². The third kappa shape index (κ3) is 4.13. The van der Waals surface area contributed by atoms with Crippen LogP contribution in [0.15, 0.2) is 36.0 Å². The molecule has 0 aliphatic rings. The third-order valence-corrected chi connectivity index (χ3v) is 1.40. The summed E-state index contributed by atoms with van der Waals surface area (Å²) in [4.78, 5) is 0. The number of hydrogen-bond acceptors (Lipinski definition) is 0. The normalized spacial score (nSPS) is 12.5. The number of hydrogen-bond donors (Lipinski definition) is 0. The van der Waals surface area contributed by atoms with Crippen LogP contribution < -0.4 is 0 Å². The van der Waals surface area contributed by atoms with Gasteiger partial charge in [0.05, 0.1) is 0 Å². The molecule has 0 aliphatic heterocycles. The molecular weight excluding hydrogens is 120 g/mol. The summed E-state index contributed by atoms with van der Waals surface area (Å²) < 4.78 is 0. The molecular formula is C10H16. The summed E-state index contributed by atoms with van der Waals surface area (Å²) in [5.41, 5.74) is 2.56. The van der Waals surface area contributed by atoms with Crippen LogP contribution in [0.25, 0.3) is 0 Å².